The van der Waals surface area contributed by atoms with Crippen molar-refractivity contribution in [1.29, 1.82) is 0 Å². The Kier molecular flexibility index (Phi) is 7.72. The Labute approximate surface area is 159 Å². The number of rotatable bonds is 2. The summed E-state index contributed by atoms with van der Waals surface area (Å²) in [6.45, 7) is 3.91. The molecule has 5 nitrogen and oxygen atoms in total. The monoisotopic (exact) mass is 411 g/mol. The number of halogens is 3. The molecule has 3 rings (SSSR count). The van der Waals surface area contributed by atoms with E-state index < -0.39 is 10.0 Å². The van der Waals surface area contributed by atoms with Gasteiger partial charge in [0.25, 0.3) is 0 Å². The average Bonchev–Trinajstić information content (AvgIpc) is 2.72. The highest BCUT2D eigenvalue weighted by molar-refractivity contribution is 7.89. The molecule has 1 atom stereocenters. The molecule has 1 fully saturated rings. The van der Waals surface area contributed by atoms with Crippen molar-refractivity contribution >= 4 is 57.2 Å². The SMILES string of the molecule is CC1CNCCCN1S(=O)(=O)c1cccc2cncc(Cl)c12.Cl.Cl. The predicted octanol–water partition coefficient (Wildman–Crippen LogP) is 3.10. The molecule has 0 radical (unpaired) electrons. The van der Waals surface area contributed by atoms with E-state index in [-0.39, 0.29) is 35.8 Å². The molecule has 0 amide bonds. The van der Waals surface area contributed by atoms with Crippen molar-refractivity contribution in [3.63, 3.8) is 0 Å². The van der Waals surface area contributed by atoms with Crippen LogP contribution in [0.15, 0.2) is 35.5 Å². The van der Waals surface area contributed by atoms with E-state index in [0.717, 1.165) is 18.4 Å². The van der Waals surface area contributed by atoms with Gasteiger partial charge >= 0.3 is 0 Å². The van der Waals surface area contributed by atoms with Crippen LogP contribution in [0, 0.1) is 0 Å². The van der Waals surface area contributed by atoms with Crippen LogP contribution in [0.4, 0.5) is 0 Å². The Morgan fingerprint density at radius 1 is 1.29 bits per heavy atom. The van der Waals surface area contributed by atoms with Gasteiger partial charge in [0.2, 0.25) is 10.0 Å². The Morgan fingerprint density at radius 3 is 2.79 bits per heavy atom. The Bertz CT molecular complexity index is 796. The fraction of sp³-hybridized carbons (Fsp3) is 0.400. The number of fused-ring (bicyclic) bond motifs is 1. The van der Waals surface area contributed by atoms with Gasteiger partial charge in [0, 0.05) is 42.3 Å². The highest BCUT2D eigenvalue weighted by atomic mass is 35.5. The molecule has 1 saturated heterocycles. The third-order valence-corrected chi connectivity index (χ3v) is 6.29. The summed E-state index contributed by atoms with van der Waals surface area (Å²) in [5.74, 6) is 0. The molecule has 2 aromatic rings. The summed E-state index contributed by atoms with van der Waals surface area (Å²) >= 11 is 6.22. The number of hydrogen-bond donors (Lipinski definition) is 1. The molecule has 1 aromatic heterocycles. The van der Waals surface area contributed by atoms with Crippen molar-refractivity contribution in [1.82, 2.24) is 14.6 Å². The lowest BCUT2D eigenvalue weighted by molar-refractivity contribution is 0.354. The van der Waals surface area contributed by atoms with E-state index >= 15 is 0 Å². The first kappa shape index (κ1) is 21.4. The lowest BCUT2D eigenvalue weighted by Crippen LogP contribution is -2.41. The molecule has 1 aromatic carbocycles. The largest absolute Gasteiger partial charge is 0.315 e. The number of pyridine rings is 1. The second-order valence-electron chi connectivity index (χ2n) is 5.50. The molecule has 1 aliphatic heterocycles. The quantitative estimate of drug-likeness (QED) is 0.823. The topological polar surface area (TPSA) is 62.3 Å². The van der Waals surface area contributed by atoms with Crippen LogP contribution >= 0.6 is 36.4 Å². The van der Waals surface area contributed by atoms with Gasteiger partial charge in [-0.2, -0.15) is 4.31 Å². The summed E-state index contributed by atoms with van der Waals surface area (Å²) in [5, 5.41) is 4.89. The summed E-state index contributed by atoms with van der Waals surface area (Å²) in [5.41, 5.74) is 0. The summed E-state index contributed by atoms with van der Waals surface area (Å²) in [7, 11) is -3.60. The Balaban J connectivity index is 0.00000144. The van der Waals surface area contributed by atoms with Crippen molar-refractivity contribution < 1.29 is 8.42 Å². The minimum atomic E-state index is -3.60. The molecule has 0 saturated carbocycles. The molecule has 134 valence electrons. The van der Waals surface area contributed by atoms with Crippen molar-refractivity contribution in [2.45, 2.75) is 24.3 Å². The maximum absolute atomic E-state index is 13.1. The maximum atomic E-state index is 13.1. The second-order valence-corrected chi connectivity index (χ2v) is 7.76. The molecule has 24 heavy (non-hydrogen) atoms. The fourth-order valence-corrected chi connectivity index (χ4v) is 5.08. The van der Waals surface area contributed by atoms with Crippen LogP contribution < -0.4 is 5.32 Å². The maximum Gasteiger partial charge on any atom is 0.244 e. The summed E-state index contributed by atoms with van der Waals surface area (Å²) in [4.78, 5) is 4.28. The number of sulfonamides is 1. The molecule has 1 aliphatic rings. The van der Waals surface area contributed by atoms with E-state index in [1.165, 1.54) is 6.20 Å². The van der Waals surface area contributed by atoms with Gasteiger partial charge in [-0.25, -0.2) is 8.42 Å². The number of hydrogen-bond acceptors (Lipinski definition) is 4. The Morgan fingerprint density at radius 2 is 2.04 bits per heavy atom. The van der Waals surface area contributed by atoms with E-state index in [1.807, 2.05) is 13.0 Å². The third-order valence-electron chi connectivity index (χ3n) is 3.95. The lowest BCUT2D eigenvalue weighted by atomic mass is 10.2. The second kappa shape index (κ2) is 8.65. The van der Waals surface area contributed by atoms with Crippen molar-refractivity contribution in [3.05, 3.63) is 35.6 Å². The van der Waals surface area contributed by atoms with Crippen LogP contribution in [0.3, 0.4) is 0 Å². The number of nitrogens with zero attached hydrogens (tertiary/aromatic N) is 2. The molecule has 2 heterocycles. The highest BCUT2D eigenvalue weighted by Crippen LogP contribution is 2.31. The molecule has 0 aliphatic carbocycles. The van der Waals surface area contributed by atoms with Gasteiger partial charge in [-0.05, 0) is 26.0 Å². The van der Waals surface area contributed by atoms with Gasteiger partial charge < -0.3 is 5.32 Å². The first-order chi connectivity index (χ1) is 10.5. The van der Waals surface area contributed by atoms with Gasteiger partial charge in [0.15, 0.2) is 0 Å². The minimum absolute atomic E-state index is 0. The lowest BCUT2D eigenvalue weighted by Gasteiger charge is -2.26. The minimum Gasteiger partial charge on any atom is -0.315 e. The Hall–Kier alpha value is -0.630. The zero-order chi connectivity index (χ0) is 15.7. The summed E-state index contributed by atoms with van der Waals surface area (Å²) in [6.07, 6.45) is 3.91. The van der Waals surface area contributed by atoms with Gasteiger partial charge in [0.05, 0.1) is 9.92 Å². The van der Waals surface area contributed by atoms with Crippen molar-refractivity contribution in [3.8, 4) is 0 Å². The van der Waals surface area contributed by atoms with E-state index in [1.54, 1.807) is 22.6 Å². The van der Waals surface area contributed by atoms with Gasteiger partial charge in [-0.1, -0.05) is 23.7 Å². The van der Waals surface area contributed by atoms with Crippen LogP contribution in [0.25, 0.3) is 10.8 Å². The fourth-order valence-electron chi connectivity index (χ4n) is 2.85. The zero-order valence-electron chi connectivity index (χ0n) is 13.1. The van der Waals surface area contributed by atoms with Crippen LogP contribution in [-0.4, -0.2) is 43.4 Å². The van der Waals surface area contributed by atoms with Crippen molar-refractivity contribution in [2.75, 3.05) is 19.6 Å². The molecule has 1 unspecified atom stereocenters. The van der Waals surface area contributed by atoms with Crippen LogP contribution in [-0.2, 0) is 10.0 Å². The van der Waals surface area contributed by atoms with E-state index in [2.05, 4.69) is 10.3 Å². The van der Waals surface area contributed by atoms with Crippen molar-refractivity contribution in [2.24, 2.45) is 0 Å². The third kappa shape index (κ3) is 3.95. The van der Waals surface area contributed by atoms with Crippen LogP contribution in [0.2, 0.25) is 5.02 Å². The number of nitrogens with one attached hydrogen (secondary N) is 1. The van der Waals surface area contributed by atoms with E-state index in [0.29, 0.717) is 23.5 Å². The van der Waals surface area contributed by atoms with Crippen LogP contribution in [0.1, 0.15) is 13.3 Å². The van der Waals surface area contributed by atoms with Gasteiger partial charge in [-0.3, -0.25) is 4.98 Å². The smallest absolute Gasteiger partial charge is 0.244 e. The average molecular weight is 413 g/mol. The highest BCUT2D eigenvalue weighted by Gasteiger charge is 2.31. The first-order valence-corrected chi connectivity index (χ1v) is 9.08. The molecular weight excluding hydrogens is 393 g/mol. The van der Waals surface area contributed by atoms with E-state index in [4.69, 9.17) is 11.6 Å². The molecule has 9 heteroatoms. The van der Waals surface area contributed by atoms with Gasteiger partial charge in [0.1, 0.15) is 0 Å². The standard InChI is InChI=1S/C15H18ClN3O2S.2ClH/c1-11-8-17-6-3-7-19(11)22(20,21)14-5-2-4-12-9-18-10-13(16)15(12)14;;/h2,4-5,9-11,17H,3,6-8H2,1H3;2*1H. The molecule has 1 N–H and O–H groups in total. The normalized spacial score (nSPS) is 19.2. The molecular formula is C15H20Cl3N3O2S. The zero-order valence-corrected chi connectivity index (χ0v) is 16.3. The molecule has 0 bridgehead atoms. The van der Waals surface area contributed by atoms with E-state index in [9.17, 15) is 8.42 Å². The van der Waals surface area contributed by atoms with Crippen LogP contribution in [0.5, 0.6) is 0 Å². The molecule has 0 spiro atoms. The number of aromatic nitrogens is 1. The van der Waals surface area contributed by atoms with Gasteiger partial charge in [-0.15, -0.1) is 24.8 Å². The summed E-state index contributed by atoms with van der Waals surface area (Å²) < 4.78 is 27.8. The predicted molar refractivity (Wildman–Crippen MR) is 102 cm³/mol. The summed E-state index contributed by atoms with van der Waals surface area (Å²) in [6, 6.07) is 5.08. The first-order valence-electron chi connectivity index (χ1n) is 7.26. The number of benzene rings is 1.